The second kappa shape index (κ2) is 11.3. The molecule has 1 atom stereocenters. The normalized spacial score (nSPS) is 17.7. The van der Waals surface area contributed by atoms with Crippen LogP contribution < -0.4 is 15.3 Å². The maximum atomic E-state index is 14.8. The third-order valence-corrected chi connectivity index (χ3v) is 6.05. The van der Waals surface area contributed by atoms with Crippen molar-refractivity contribution in [2.75, 3.05) is 56.8 Å². The van der Waals surface area contributed by atoms with Crippen molar-refractivity contribution in [3.05, 3.63) is 59.4 Å². The molecule has 0 saturated carbocycles. The van der Waals surface area contributed by atoms with Gasteiger partial charge in [-0.2, -0.15) is 0 Å². The maximum Gasteiger partial charge on any atom is 0.416 e. The van der Waals surface area contributed by atoms with Gasteiger partial charge in [0.2, 0.25) is 5.91 Å². The van der Waals surface area contributed by atoms with Crippen LogP contribution in [0.5, 0.6) is 5.75 Å². The summed E-state index contributed by atoms with van der Waals surface area (Å²) in [7, 11) is 2.75. The molecule has 2 saturated heterocycles. The zero-order chi connectivity index (χ0) is 26.5. The van der Waals surface area contributed by atoms with Gasteiger partial charge in [-0.05, 0) is 42.0 Å². The van der Waals surface area contributed by atoms with Gasteiger partial charge in [0.05, 0.1) is 43.8 Å². The molecule has 0 radical (unpaired) electrons. The number of hydrogen-bond acceptors (Lipinski definition) is 8. The molecular weight excluding hydrogens is 487 g/mol. The third kappa shape index (κ3) is 5.81. The van der Waals surface area contributed by atoms with Crippen LogP contribution in [0.2, 0.25) is 0 Å². The molecule has 2 aromatic rings. The minimum Gasteiger partial charge on any atom is -0.507 e. The van der Waals surface area contributed by atoms with Gasteiger partial charge in [0.25, 0.3) is 5.91 Å². The van der Waals surface area contributed by atoms with Crippen molar-refractivity contribution in [1.29, 1.82) is 0 Å². The zero-order valence-corrected chi connectivity index (χ0v) is 20.3. The predicted molar refractivity (Wildman–Crippen MR) is 131 cm³/mol. The van der Waals surface area contributed by atoms with Crippen molar-refractivity contribution in [2.24, 2.45) is 0 Å². The summed E-state index contributed by atoms with van der Waals surface area (Å²) in [5.74, 6) is -1.83. The number of rotatable bonds is 7. The molecule has 196 valence electrons. The Kier molecular flexibility index (Phi) is 7.89. The average molecular weight is 515 g/mol. The van der Waals surface area contributed by atoms with Crippen LogP contribution in [0.1, 0.15) is 15.9 Å². The van der Waals surface area contributed by atoms with Crippen LogP contribution in [0.4, 0.5) is 20.6 Å². The van der Waals surface area contributed by atoms with E-state index >= 15 is 0 Å². The molecule has 3 amide bonds. The number of hydrogen-bond donors (Lipinski definition) is 2. The number of aromatic hydroxyl groups is 1. The molecule has 0 bridgehead atoms. The van der Waals surface area contributed by atoms with Crippen molar-refractivity contribution in [2.45, 2.75) is 6.23 Å². The molecule has 0 aliphatic carbocycles. The number of phenolic OH excluding ortho intramolecular Hbond substituents is 1. The molecule has 2 fully saturated rings. The smallest absolute Gasteiger partial charge is 0.416 e. The summed E-state index contributed by atoms with van der Waals surface area (Å²) in [6, 6.07) is 8.79. The number of hydroxylamine groups is 1. The first-order chi connectivity index (χ1) is 17.8. The number of amides is 3. The molecule has 2 N–H and O–H groups in total. The lowest BCUT2D eigenvalue weighted by Gasteiger charge is -2.29. The van der Waals surface area contributed by atoms with Crippen LogP contribution in [-0.4, -0.2) is 81.1 Å². The Morgan fingerprint density at radius 3 is 2.65 bits per heavy atom. The lowest BCUT2D eigenvalue weighted by atomic mass is 10.1. The number of ether oxygens (including phenoxy) is 2. The number of likely N-dealkylation sites (N-methyl/N-ethyl adjacent to an activating group) is 1. The summed E-state index contributed by atoms with van der Waals surface area (Å²) >= 11 is 0. The van der Waals surface area contributed by atoms with E-state index in [1.54, 1.807) is 18.2 Å². The van der Waals surface area contributed by atoms with E-state index in [-0.39, 0.29) is 17.9 Å². The molecule has 4 rings (SSSR count). The third-order valence-electron chi connectivity index (χ3n) is 6.05. The van der Waals surface area contributed by atoms with Crippen molar-refractivity contribution in [3.8, 4) is 5.75 Å². The van der Waals surface area contributed by atoms with Crippen LogP contribution in [0.25, 0.3) is 6.08 Å². The highest BCUT2D eigenvalue weighted by Gasteiger charge is 2.36. The van der Waals surface area contributed by atoms with Gasteiger partial charge < -0.3 is 24.4 Å². The van der Waals surface area contributed by atoms with E-state index in [9.17, 15) is 23.9 Å². The van der Waals surface area contributed by atoms with E-state index in [2.05, 4.69) is 10.3 Å². The fourth-order valence-corrected chi connectivity index (χ4v) is 4.00. The molecule has 12 heteroatoms. The van der Waals surface area contributed by atoms with Crippen LogP contribution in [0, 0.1) is 5.82 Å². The summed E-state index contributed by atoms with van der Waals surface area (Å²) in [6.45, 7) is 2.23. The molecule has 2 aliphatic rings. The topological polar surface area (TPSA) is 121 Å². The van der Waals surface area contributed by atoms with Crippen molar-refractivity contribution >= 4 is 35.4 Å². The SMILES string of the molecule is CONC(=O)c1ccc(/C=C/C(=O)N(C)C2CN(c3ccc(N4CCOCC4)c(F)c3)C(=O)O2)cc1O. The van der Waals surface area contributed by atoms with E-state index < -0.39 is 30.0 Å². The minimum atomic E-state index is -0.889. The second-order valence-electron chi connectivity index (χ2n) is 8.38. The second-order valence-corrected chi connectivity index (χ2v) is 8.38. The number of halogens is 1. The zero-order valence-electron chi connectivity index (χ0n) is 20.3. The van der Waals surface area contributed by atoms with Gasteiger partial charge in [-0.1, -0.05) is 6.07 Å². The van der Waals surface area contributed by atoms with E-state index in [1.807, 2.05) is 4.90 Å². The fraction of sp³-hybridized carbons (Fsp3) is 0.320. The van der Waals surface area contributed by atoms with Crippen LogP contribution in [-0.2, 0) is 19.1 Å². The maximum absolute atomic E-state index is 14.8. The lowest BCUT2D eigenvalue weighted by Crippen LogP contribution is -2.39. The van der Waals surface area contributed by atoms with E-state index in [0.29, 0.717) is 43.2 Å². The Morgan fingerprint density at radius 1 is 1.22 bits per heavy atom. The first kappa shape index (κ1) is 25.9. The molecule has 2 aliphatic heterocycles. The number of phenols is 1. The summed E-state index contributed by atoms with van der Waals surface area (Å²) in [5.41, 5.74) is 3.35. The van der Waals surface area contributed by atoms with Gasteiger partial charge in [0, 0.05) is 26.2 Å². The summed E-state index contributed by atoms with van der Waals surface area (Å²) in [6.07, 6.45) is 1.11. The molecule has 0 spiro atoms. The molecule has 37 heavy (non-hydrogen) atoms. The van der Waals surface area contributed by atoms with Crippen LogP contribution in [0.3, 0.4) is 0 Å². The summed E-state index contributed by atoms with van der Waals surface area (Å²) in [4.78, 5) is 45.9. The van der Waals surface area contributed by atoms with Crippen molar-refractivity contribution in [1.82, 2.24) is 10.4 Å². The van der Waals surface area contributed by atoms with Crippen molar-refractivity contribution in [3.63, 3.8) is 0 Å². The van der Waals surface area contributed by atoms with E-state index in [4.69, 9.17) is 9.47 Å². The molecular formula is C25H27FN4O7. The predicted octanol–water partition coefficient (Wildman–Crippen LogP) is 2.11. The highest BCUT2D eigenvalue weighted by Crippen LogP contribution is 2.29. The Hall–Kier alpha value is -4.16. The lowest BCUT2D eigenvalue weighted by molar-refractivity contribution is -0.131. The largest absolute Gasteiger partial charge is 0.507 e. The number of morpholine rings is 1. The monoisotopic (exact) mass is 514 g/mol. The first-order valence-corrected chi connectivity index (χ1v) is 11.5. The number of benzene rings is 2. The molecule has 0 aromatic heterocycles. The molecule has 2 heterocycles. The number of nitrogens with zero attached hydrogens (tertiary/aromatic N) is 3. The number of carbonyl (C=O) groups excluding carboxylic acids is 3. The quantitative estimate of drug-likeness (QED) is 0.426. The first-order valence-electron chi connectivity index (χ1n) is 11.5. The van der Waals surface area contributed by atoms with Crippen molar-refractivity contribution < 1.29 is 38.2 Å². The summed E-state index contributed by atoms with van der Waals surface area (Å²) < 4.78 is 25.5. The Morgan fingerprint density at radius 2 is 1.97 bits per heavy atom. The molecule has 2 aromatic carbocycles. The van der Waals surface area contributed by atoms with E-state index in [0.717, 1.165) is 0 Å². The highest BCUT2D eigenvalue weighted by atomic mass is 19.1. The molecule has 1 unspecified atom stereocenters. The number of anilines is 2. The van der Waals surface area contributed by atoms with Crippen LogP contribution >= 0.6 is 0 Å². The number of nitrogens with one attached hydrogen (secondary N) is 1. The van der Waals surface area contributed by atoms with Gasteiger partial charge in [0.15, 0.2) is 6.23 Å². The van der Waals surface area contributed by atoms with Crippen LogP contribution in [0.15, 0.2) is 42.5 Å². The Bertz CT molecular complexity index is 1220. The molecule has 11 nitrogen and oxygen atoms in total. The van der Waals surface area contributed by atoms with Gasteiger partial charge in [-0.15, -0.1) is 0 Å². The van der Waals surface area contributed by atoms with Gasteiger partial charge in [-0.25, -0.2) is 14.7 Å². The number of cyclic esters (lactones) is 1. The van der Waals surface area contributed by atoms with Gasteiger partial charge >= 0.3 is 6.09 Å². The average Bonchev–Trinajstić information content (AvgIpc) is 3.28. The highest BCUT2D eigenvalue weighted by molar-refractivity contribution is 5.97. The van der Waals surface area contributed by atoms with Gasteiger partial charge in [-0.3, -0.25) is 19.3 Å². The minimum absolute atomic E-state index is 0.00909. The Labute approximate surface area is 212 Å². The fourth-order valence-electron chi connectivity index (χ4n) is 4.00. The Balaban J connectivity index is 1.39. The summed E-state index contributed by atoms with van der Waals surface area (Å²) in [5, 5.41) is 10.1. The van der Waals surface area contributed by atoms with Gasteiger partial charge in [0.1, 0.15) is 11.6 Å². The number of carbonyl (C=O) groups is 3. The van der Waals surface area contributed by atoms with E-state index in [1.165, 1.54) is 54.3 Å². The standard InChI is InChI=1S/C25H27FN4O7/c1-28(22(32)8-4-16-3-6-18(21(31)13-16)24(33)27-35-2)23-15-30(25(34)37-23)17-5-7-20(19(26)14-17)29-9-11-36-12-10-29/h3-8,13-14,23,31H,9-12,15H2,1-2H3,(H,27,33)/b8-4+.